The lowest BCUT2D eigenvalue weighted by Crippen LogP contribution is -1.99. The van der Waals surface area contributed by atoms with Crippen LogP contribution in [0.1, 0.15) is 0 Å². The van der Waals surface area contributed by atoms with E-state index in [-0.39, 0.29) is 0 Å². The molecule has 3 heterocycles. The minimum atomic E-state index is 1.14. The minimum absolute atomic E-state index is 1.14. The van der Waals surface area contributed by atoms with Gasteiger partial charge in [-0.05, 0) is 66.0 Å². The van der Waals surface area contributed by atoms with E-state index >= 15 is 0 Å². The summed E-state index contributed by atoms with van der Waals surface area (Å²) >= 11 is 0. The molecule has 0 N–H and O–H groups in total. The van der Waals surface area contributed by atoms with Crippen LogP contribution in [0.5, 0.6) is 0 Å². The second kappa shape index (κ2) is 9.96. The lowest BCUT2D eigenvalue weighted by molar-refractivity contribution is 1.13. The SMILES string of the molecule is c1ccc(-n2c3cc4c(cc3c3ccc5ccccc5c32)c2ccccc2n4-c2cccc(-n3c4ccccc4c4ccccc43)c2)cc1. The Bertz CT molecular complexity index is 3050. The fourth-order valence-corrected chi connectivity index (χ4v) is 8.33. The predicted octanol–water partition coefficient (Wildman–Crippen LogP) is 12.1. The molecule has 0 saturated heterocycles. The van der Waals surface area contributed by atoms with Gasteiger partial charge in [0.15, 0.2) is 0 Å². The van der Waals surface area contributed by atoms with E-state index in [0.717, 1.165) is 17.1 Å². The fourth-order valence-electron chi connectivity index (χ4n) is 8.33. The summed E-state index contributed by atoms with van der Waals surface area (Å²) in [6.45, 7) is 0. The summed E-state index contributed by atoms with van der Waals surface area (Å²) in [5.74, 6) is 0. The maximum absolute atomic E-state index is 2.46. The van der Waals surface area contributed by atoms with Crippen molar-refractivity contribution in [3.05, 3.63) is 176 Å². The van der Waals surface area contributed by atoms with Gasteiger partial charge < -0.3 is 13.7 Å². The molecule has 49 heavy (non-hydrogen) atoms. The highest BCUT2D eigenvalue weighted by Gasteiger charge is 2.20. The van der Waals surface area contributed by atoms with Crippen molar-refractivity contribution in [2.24, 2.45) is 0 Å². The summed E-state index contributed by atoms with van der Waals surface area (Å²) < 4.78 is 7.31. The number of nitrogens with zero attached hydrogens (tertiary/aromatic N) is 3. The number of benzene rings is 8. The Balaban J connectivity index is 1.25. The maximum Gasteiger partial charge on any atom is 0.0619 e. The van der Waals surface area contributed by atoms with Crippen LogP contribution in [-0.2, 0) is 0 Å². The third-order valence-corrected chi connectivity index (χ3v) is 10.4. The zero-order valence-corrected chi connectivity index (χ0v) is 26.6. The third-order valence-electron chi connectivity index (χ3n) is 10.4. The maximum atomic E-state index is 2.46. The highest BCUT2D eigenvalue weighted by atomic mass is 15.0. The third kappa shape index (κ3) is 3.67. The monoisotopic (exact) mass is 623 g/mol. The van der Waals surface area contributed by atoms with Gasteiger partial charge in [0.25, 0.3) is 0 Å². The van der Waals surface area contributed by atoms with E-state index in [1.54, 1.807) is 0 Å². The topological polar surface area (TPSA) is 14.8 Å². The second-order valence-corrected chi connectivity index (χ2v) is 13.0. The molecular weight excluding hydrogens is 595 g/mol. The summed E-state index contributed by atoms with van der Waals surface area (Å²) in [5.41, 5.74) is 10.7. The molecule has 3 aromatic heterocycles. The molecule has 0 amide bonds. The van der Waals surface area contributed by atoms with Crippen LogP contribution in [0.2, 0.25) is 0 Å². The molecule has 0 spiro atoms. The Morgan fingerprint density at radius 1 is 0.245 bits per heavy atom. The average Bonchev–Trinajstić information content (AvgIpc) is 3.80. The molecule has 0 bridgehead atoms. The summed E-state index contributed by atoms with van der Waals surface area (Å²) in [5, 5.41) is 10.1. The van der Waals surface area contributed by atoms with Crippen LogP contribution in [0.4, 0.5) is 0 Å². The van der Waals surface area contributed by atoms with Crippen LogP contribution >= 0.6 is 0 Å². The fraction of sp³-hybridized carbons (Fsp3) is 0. The van der Waals surface area contributed by atoms with Crippen molar-refractivity contribution in [1.82, 2.24) is 13.7 Å². The number of hydrogen-bond acceptors (Lipinski definition) is 0. The Morgan fingerprint density at radius 2 is 0.735 bits per heavy atom. The molecule has 0 aliphatic rings. The van der Waals surface area contributed by atoms with E-state index in [1.807, 2.05) is 0 Å². The highest BCUT2D eigenvalue weighted by molar-refractivity contribution is 6.23. The van der Waals surface area contributed by atoms with Crippen molar-refractivity contribution in [2.75, 3.05) is 0 Å². The number of rotatable bonds is 3. The quantitative estimate of drug-likeness (QED) is 0.186. The minimum Gasteiger partial charge on any atom is -0.309 e. The highest BCUT2D eigenvalue weighted by Crippen LogP contribution is 2.42. The lowest BCUT2D eigenvalue weighted by Gasteiger charge is -2.13. The first kappa shape index (κ1) is 26.5. The van der Waals surface area contributed by atoms with Crippen molar-refractivity contribution in [1.29, 1.82) is 0 Å². The molecule has 11 rings (SSSR count). The van der Waals surface area contributed by atoms with Crippen molar-refractivity contribution in [3.8, 4) is 17.1 Å². The lowest BCUT2D eigenvalue weighted by atomic mass is 10.0. The van der Waals surface area contributed by atoms with Crippen LogP contribution in [0.15, 0.2) is 176 Å². The molecule has 11 aromatic rings. The first-order chi connectivity index (χ1) is 24.3. The summed E-state index contributed by atoms with van der Waals surface area (Å²) in [4.78, 5) is 0. The normalized spacial score (nSPS) is 12.1. The summed E-state index contributed by atoms with van der Waals surface area (Å²) in [6, 6.07) is 64.2. The molecule has 0 aliphatic heterocycles. The Morgan fingerprint density at radius 3 is 1.41 bits per heavy atom. The van der Waals surface area contributed by atoms with Gasteiger partial charge in [-0.2, -0.15) is 0 Å². The number of aromatic nitrogens is 3. The average molecular weight is 624 g/mol. The molecule has 0 radical (unpaired) electrons. The molecule has 0 fully saturated rings. The van der Waals surface area contributed by atoms with Crippen molar-refractivity contribution < 1.29 is 0 Å². The van der Waals surface area contributed by atoms with Crippen molar-refractivity contribution >= 4 is 76.2 Å². The van der Waals surface area contributed by atoms with Crippen LogP contribution in [0.3, 0.4) is 0 Å². The number of fused-ring (bicyclic) bond motifs is 11. The van der Waals surface area contributed by atoms with Gasteiger partial charge in [-0.15, -0.1) is 0 Å². The zero-order chi connectivity index (χ0) is 32.1. The smallest absolute Gasteiger partial charge is 0.0619 e. The summed E-state index contributed by atoms with van der Waals surface area (Å²) in [7, 11) is 0. The van der Waals surface area contributed by atoms with E-state index in [4.69, 9.17) is 0 Å². The summed E-state index contributed by atoms with van der Waals surface area (Å²) in [6.07, 6.45) is 0. The van der Waals surface area contributed by atoms with Crippen LogP contribution < -0.4 is 0 Å². The number of hydrogen-bond donors (Lipinski definition) is 0. The Kier molecular flexibility index (Phi) is 5.38. The first-order valence-corrected chi connectivity index (χ1v) is 16.9. The molecule has 8 aromatic carbocycles. The van der Waals surface area contributed by atoms with Crippen LogP contribution in [0.25, 0.3) is 93.3 Å². The molecule has 228 valence electrons. The van der Waals surface area contributed by atoms with Gasteiger partial charge in [0.05, 0.1) is 33.1 Å². The van der Waals surface area contributed by atoms with Gasteiger partial charge in [0, 0.05) is 54.8 Å². The Labute approximate surface area is 282 Å². The van der Waals surface area contributed by atoms with Crippen molar-refractivity contribution in [3.63, 3.8) is 0 Å². The molecule has 0 atom stereocenters. The number of para-hydroxylation sites is 4. The Hall–Kier alpha value is -6.58. The molecule has 3 nitrogen and oxygen atoms in total. The van der Waals surface area contributed by atoms with Gasteiger partial charge in [-0.1, -0.05) is 115 Å². The van der Waals surface area contributed by atoms with Crippen LogP contribution in [0, 0.1) is 0 Å². The predicted molar refractivity (Wildman–Crippen MR) is 207 cm³/mol. The molecule has 0 aliphatic carbocycles. The van der Waals surface area contributed by atoms with E-state index in [9.17, 15) is 0 Å². The standard InChI is InChI=1S/C46H29N3/c1-2-14-31(15-3-1)49-45-29-44-39(28-40(45)38-26-25-30-13-4-5-18-34(30)46(38)49)37-21-8-11-24-43(37)48(44)33-17-12-16-32(27-33)47-41-22-9-6-19-35(41)36-20-7-10-23-42(36)47/h1-29H. The molecule has 0 saturated carbocycles. The van der Waals surface area contributed by atoms with Gasteiger partial charge in [0.1, 0.15) is 0 Å². The zero-order valence-electron chi connectivity index (χ0n) is 26.6. The molecule has 0 unspecified atom stereocenters. The second-order valence-electron chi connectivity index (χ2n) is 13.0. The van der Waals surface area contributed by atoms with Gasteiger partial charge >= 0.3 is 0 Å². The molecular formula is C46H29N3. The van der Waals surface area contributed by atoms with E-state index in [0.29, 0.717) is 0 Å². The van der Waals surface area contributed by atoms with Crippen LogP contribution in [-0.4, -0.2) is 13.7 Å². The van der Waals surface area contributed by atoms with Gasteiger partial charge in [0.2, 0.25) is 0 Å². The van der Waals surface area contributed by atoms with E-state index in [2.05, 4.69) is 190 Å². The van der Waals surface area contributed by atoms with Gasteiger partial charge in [-0.3, -0.25) is 0 Å². The molecule has 3 heteroatoms. The van der Waals surface area contributed by atoms with Crippen molar-refractivity contribution in [2.45, 2.75) is 0 Å². The van der Waals surface area contributed by atoms with E-state index < -0.39 is 0 Å². The largest absolute Gasteiger partial charge is 0.309 e. The van der Waals surface area contributed by atoms with E-state index in [1.165, 1.54) is 76.2 Å². The first-order valence-electron chi connectivity index (χ1n) is 16.9. The van der Waals surface area contributed by atoms with Gasteiger partial charge in [-0.25, -0.2) is 0 Å².